The Hall–Kier alpha value is -1.06. The summed E-state index contributed by atoms with van der Waals surface area (Å²) in [5.74, 6) is 1.51. The van der Waals surface area contributed by atoms with E-state index in [0.29, 0.717) is 5.92 Å². The van der Waals surface area contributed by atoms with Gasteiger partial charge in [-0.25, -0.2) is 0 Å². The monoisotopic (exact) mass is 264 g/mol. The number of ether oxygens (including phenoxy) is 1. The first-order valence-corrected chi connectivity index (χ1v) is 7.05. The maximum Gasteiger partial charge on any atom is 0.123 e. The molecule has 1 unspecified atom stereocenters. The maximum atomic E-state index is 5.80. The minimum absolute atomic E-state index is 0.256. The molecule has 0 aromatic heterocycles. The van der Waals surface area contributed by atoms with Gasteiger partial charge in [-0.3, -0.25) is 0 Å². The fourth-order valence-electron chi connectivity index (χ4n) is 2.08. The van der Waals surface area contributed by atoms with E-state index in [1.165, 1.54) is 11.1 Å². The second-order valence-corrected chi connectivity index (χ2v) is 5.73. The molecule has 3 heteroatoms. The van der Waals surface area contributed by atoms with E-state index in [1.54, 1.807) is 7.11 Å². The molecule has 0 radical (unpaired) electrons. The average molecular weight is 264 g/mol. The van der Waals surface area contributed by atoms with Crippen LogP contribution in [0.5, 0.6) is 5.75 Å². The summed E-state index contributed by atoms with van der Waals surface area (Å²) in [6.45, 7) is 8.38. The molecule has 2 N–H and O–H groups in total. The van der Waals surface area contributed by atoms with E-state index in [4.69, 9.17) is 10.5 Å². The minimum Gasteiger partial charge on any atom is -0.496 e. The lowest BCUT2D eigenvalue weighted by Gasteiger charge is -2.20. The molecule has 0 amide bonds. The summed E-state index contributed by atoms with van der Waals surface area (Å²) in [6, 6.07) is 6.73. The summed E-state index contributed by atoms with van der Waals surface area (Å²) in [4.78, 5) is 2.30. The van der Waals surface area contributed by atoms with Crippen LogP contribution in [-0.4, -0.2) is 31.6 Å². The lowest BCUT2D eigenvalue weighted by atomic mass is 10.00. The highest BCUT2D eigenvalue weighted by atomic mass is 16.5. The van der Waals surface area contributed by atoms with Gasteiger partial charge >= 0.3 is 0 Å². The van der Waals surface area contributed by atoms with Crippen LogP contribution >= 0.6 is 0 Å². The molecule has 0 aliphatic heterocycles. The standard InChI is InChI=1S/C16H28N2O/c1-12(2)14-6-7-16(19-5)15(10-14)11-18(4)9-8-13(3)17/h6-7,10,12-13H,8-9,11,17H2,1-5H3. The van der Waals surface area contributed by atoms with E-state index in [2.05, 4.69) is 44.0 Å². The first kappa shape index (κ1) is 16.0. The molecule has 19 heavy (non-hydrogen) atoms. The Morgan fingerprint density at radius 2 is 1.95 bits per heavy atom. The van der Waals surface area contributed by atoms with Crippen LogP contribution < -0.4 is 10.5 Å². The molecule has 1 aromatic carbocycles. The topological polar surface area (TPSA) is 38.5 Å². The highest BCUT2D eigenvalue weighted by Crippen LogP contribution is 2.25. The van der Waals surface area contributed by atoms with Gasteiger partial charge in [-0.15, -0.1) is 0 Å². The van der Waals surface area contributed by atoms with E-state index in [1.807, 2.05) is 6.92 Å². The second-order valence-electron chi connectivity index (χ2n) is 5.73. The van der Waals surface area contributed by atoms with Crippen LogP contribution in [0.3, 0.4) is 0 Å². The van der Waals surface area contributed by atoms with E-state index in [9.17, 15) is 0 Å². The van der Waals surface area contributed by atoms with E-state index in [0.717, 1.165) is 25.3 Å². The van der Waals surface area contributed by atoms with Crippen molar-refractivity contribution >= 4 is 0 Å². The number of hydrogen-bond acceptors (Lipinski definition) is 3. The van der Waals surface area contributed by atoms with E-state index < -0.39 is 0 Å². The van der Waals surface area contributed by atoms with Crippen LogP contribution in [-0.2, 0) is 6.54 Å². The number of benzene rings is 1. The fraction of sp³-hybridized carbons (Fsp3) is 0.625. The zero-order chi connectivity index (χ0) is 14.4. The van der Waals surface area contributed by atoms with Crippen molar-refractivity contribution in [2.75, 3.05) is 20.7 Å². The van der Waals surface area contributed by atoms with Crippen molar-refractivity contribution in [3.8, 4) is 5.75 Å². The van der Waals surface area contributed by atoms with Crippen LogP contribution in [0.2, 0.25) is 0 Å². The van der Waals surface area contributed by atoms with E-state index in [-0.39, 0.29) is 6.04 Å². The van der Waals surface area contributed by atoms with Crippen LogP contribution in [0.4, 0.5) is 0 Å². The summed E-state index contributed by atoms with van der Waals surface area (Å²) in [5, 5.41) is 0. The van der Waals surface area contributed by atoms with Crippen LogP contribution in [0.1, 0.15) is 44.2 Å². The molecule has 3 nitrogen and oxygen atoms in total. The van der Waals surface area contributed by atoms with Crippen LogP contribution in [0.15, 0.2) is 18.2 Å². The molecule has 1 rings (SSSR count). The Morgan fingerprint density at radius 3 is 2.47 bits per heavy atom. The summed E-state index contributed by atoms with van der Waals surface area (Å²) in [6.07, 6.45) is 1.02. The van der Waals surface area contributed by atoms with Gasteiger partial charge in [-0.1, -0.05) is 26.0 Å². The summed E-state index contributed by atoms with van der Waals surface area (Å²) < 4.78 is 5.46. The summed E-state index contributed by atoms with van der Waals surface area (Å²) in [7, 11) is 3.86. The average Bonchev–Trinajstić information content (AvgIpc) is 2.36. The molecule has 0 bridgehead atoms. The summed E-state index contributed by atoms with van der Waals surface area (Å²) >= 11 is 0. The molecule has 0 saturated heterocycles. The van der Waals surface area contributed by atoms with Gasteiger partial charge in [0.05, 0.1) is 7.11 Å². The van der Waals surface area contributed by atoms with Gasteiger partial charge < -0.3 is 15.4 Å². The first-order chi connectivity index (χ1) is 8.93. The Balaban J connectivity index is 2.76. The third-order valence-electron chi connectivity index (χ3n) is 3.38. The van der Waals surface area contributed by atoms with Gasteiger partial charge in [-0.05, 0) is 44.5 Å². The SMILES string of the molecule is COc1ccc(C(C)C)cc1CN(C)CCC(C)N. The minimum atomic E-state index is 0.256. The normalized spacial score (nSPS) is 13.1. The summed E-state index contributed by atoms with van der Waals surface area (Å²) in [5.41, 5.74) is 8.41. The number of rotatable bonds is 7. The van der Waals surface area contributed by atoms with Crippen molar-refractivity contribution in [1.82, 2.24) is 4.90 Å². The van der Waals surface area contributed by atoms with Crippen molar-refractivity contribution < 1.29 is 4.74 Å². The van der Waals surface area contributed by atoms with Gasteiger partial charge in [-0.2, -0.15) is 0 Å². The predicted octanol–water partition coefficient (Wildman–Crippen LogP) is 2.99. The van der Waals surface area contributed by atoms with Crippen LogP contribution in [0, 0.1) is 0 Å². The Morgan fingerprint density at radius 1 is 1.26 bits per heavy atom. The highest BCUT2D eigenvalue weighted by Gasteiger charge is 2.09. The fourth-order valence-corrected chi connectivity index (χ4v) is 2.08. The van der Waals surface area contributed by atoms with Crippen LogP contribution in [0.25, 0.3) is 0 Å². The molecule has 0 aliphatic carbocycles. The van der Waals surface area contributed by atoms with Crippen molar-refractivity contribution in [3.05, 3.63) is 29.3 Å². The smallest absolute Gasteiger partial charge is 0.123 e. The molecular weight excluding hydrogens is 236 g/mol. The molecule has 1 atom stereocenters. The van der Waals surface area contributed by atoms with Crippen molar-refractivity contribution in [3.63, 3.8) is 0 Å². The van der Waals surface area contributed by atoms with Gasteiger partial charge in [0.15, 0.2) is 0 Å². The molecular formula is C16H28N2O. The second kappa shape index (κ2) is 7.51. The lowest BCUT2D eigenvalue weighted by Crippen LogP contribution is -2.26. The lowest BCUT2D eigenvalue weighted by molar-refractivity contribution is 0.305. The molecule has 0 spiro atoms. The predicted molar refractivity (Wildman–Crippen MR) is 81.7 cm³/mol. The molecule has 0 aliphatic rings. The Labute approximate surface area is 117 Å². The number of nitrogens with two attached hydrogens (primary N) is 1. The zero-order valence-corrected chi connectivity index (χ0v) is 12.9. The number of methoxy groups -OCH3 is 1. The molecule has 0 saturated carbocycles. The molecule has 1 aromatic rings. The number of nitrogens with zero attached hydrogens (tertiary/aromatic N) is 1. The quantitative estimate of drug-likeness (QED) is 0.823. The third kappa shape index (κ3) is 5.21. The van der Waals surface area contributed by atoms with Gasteiger partial charge in [0.25, 0.3) is 0 Å². The Kier molecular flexibility index (Phi) is 6.32. The molecule has 0 fully saturated rings. The number of hydrogen-bond donors (Lipinski definition) is 1. The molecule has 0 heterocycles. The molecule has 108 valence electrons. The van der Waals surface area contributed by atoms with Gasteiger partial charge in [0.1, 0.15) is 5.75 Å². The maximum absolute atomic E-state index is 5.80. The van der Waals surface area contributed by atoms with Crippen molar-refractivity contribution in [2.24, 2.45) is 5.73 Å². The first-order valence-electron chi connectivity index (χ1n) is 7.05. The van der Waals surface area contributed by atoms with Crippen molar-refractivity contribution in [2.45, 2.75) is 45.7 Å². The van der Waals surface area contributed by atoms with Gasteiger partial charge in [0.2, 0.25) is 0 Å². The van der Waals surface area contributed by atoms with E-state index >= 15 is 0 Å². The van der Waals surface area contributed by atoms with Gasteiger partial charge in [0, 0.05) is 18.2 Å². The zero-order valence-electron chi connectivity index (χ0n) is 12.9. The van der Waals surface area contributed by atoms with Crippen molar-refractivity contribution in [1.29, 1.82) is 0 Å². The third-order valence-corrected chi connectivity index (χ3v) is 3.38. The highest BCUT2D eigenvalue weighted by molar-refractivity contribution is 5.38. The largest absolute Gasteiger partial charge is 0.496 e. The Bertz CT molecular complexity index is 388.